The molecule has 4 nitrogen and oxygen atoms in total. The minimum absolute atomic E-state index is 0.624. The summed E-state index contributed by atoms with van der Waals surface area (Å²) in [6.45, 7) is 5.66. The van der Waals surface area contributed by atoms with E-state index < -0.39 is 0 Å². The quantitative estimate of drug-likeness (QED) is 0.821. The third-order valence-electron chi connectivity index (χ3n) is 4.09. The van der Waals surface area contributed by atoms with Crippen molar-refractivity contribution in [2.24, 2.45) is 0 Å². The number of thioether (sulfide) groups is 1. The molecule has 2 fully saturated rings. The Hall–Kier alpha value is -0.940. The Bertz CT molecular complexity index is 460. The summed E-state index contributed by atoms with van der Waals surface area (Å²) >= 11 is 1.97. The minimum atomic E-state index is 0.624. The number of fused-ring (bicyclic) bond motifs is 3. The van der Waals surface area contributed by atoms with Gasteiger partial charge in [-0.15, -0.1) is 11.8 Å². The summed E-state index contributed by atoms with van der Waals surface area (Å²) in [5.74, 6) is 2.40. The molecule has 0 saturated carbocycles. The van der Waals surface area contributed by atoms with Gasteiger partial charge in [-0.3, -0.25) is 0 Å². The molecule has 0 unspecified atom stereocenters. The fourth-order valence-corrected chi connectivity index (χ4v) is 4.04. The predicted octanol–water partition coefficient (Wildman–Crippen LogP) is 1.18. The zero-order valence-corrected chi connectivity index (χ0v) is 11.2. The van der Waals surface area contributed by atoms with Crippen LogP contribution < -0.4 is 15.1 Å². The number of nitrogens with zero attached hydrogens (tertiary/aromatic N) is 3. The van der Waals surface area contributed by atoms with Gasteiger partial charge < -0.3 is 15.1 Å². The summed E-state index contributed by atoms with van der Waals surface area (Å²) in [7, 11) is 0. The molecule has 18 heavy (non-hydrogen) atoms. The number of piperazine rings is 1. The van der Waals surface area contributed by atoms with Gasteiger partial charge in [0, 0.05) is 38.5 Å². The number of nitrogens with one attached hydrogen (secondary N) is 1. The summed E-state index contributed by atoms with van der Waals surface area (Å²) in [4.78, 5) is 11.0. The molecule has 3 aliphatic heterocycles. The first-order chi connectivity index (χ1) is 8.92. The topological polar surface area (TPSA) is 31.4 Å². The molecule has 0 spiro atoms. The fraction of sp³-hybridized carbons (Fsp3) is 0.615. The molecule has 5 heteroatoms. The molecular weight excluding hydrogens is 244 g/mol. The standard InChI is InChI=1S/C13H18N4S/c1-3-16(4-1)10-6-12-13(15-8-10)17-5-2-14-7-11(17)9-18-12/h6,8,11,14H,1-5,7,9H2/t11-/m0/s1. The first-order valence-electron chi connectivity index (χ1n) is 6.77. The van der Waals surface area contributed by atoms with Gasteiger partial charge in [0.05, 0.1) is 22.8 Å². The molecular formula is C13H18N4S. The van der Waals surface area contributed by atoms with E-state index in [0.29, 0.717) is 6.04 Å². The highest BCUT2D eigenvalue weighted by Gasteiger charge is 2.30. The van der Waals surface area contributed by atoms with Crippen LogP contribution in [0.15, 0.2) is 17.2 Å². The Morgan fingerprint density at radius 2 is 2.28 bits per heavy atom. The van der Waals surface area contributed by atoms with Gasteiger partial charge in [-0.25, -0.2) is 4.98 Å². The average molecular weight is 262 g/mol. The van der Waals surface area contributed by atoms with Crippen LogP contribution in [0.3, 0.4) is 0 Å². The smallest absolute Gasteiger partial charge is 0.142 e. The van der Waals surface area contributed by atoms with Crippen LogP contribution in [0.4, 0.5) is 11.5 Å². The maximum Gasteiger partial charge on any atom is 0.142 e. The summed E-state index contributed by atoms with van der Waals surface area (Å²) in [5.41, 5.74) is 1.31. The maximum absolute atomic E-state index is 4.74. The lowest BCUT2D eigenvalue weighted by molar-refractivity contribution is 0.495. The highest BCUT2D eigenvalue weighted by molar-refractivity contribution is 7.99. The fourth-order valence-electron chi connectivity index (χ4n) is 2.87. The van der Waals surface area contributed by atoms with Crippen LogP contribution in [-0.4, -0.2) is 49.5 Å². The lowest BCUT2D eigenvalue weighted by atomic mass is 10.2. The lowest BCUT2D eigenvalue weighted by Gasteiger charge is -2.41. The number of hydrogen-bond acceptors (Lipinski definition) is 5. The molecule has 4 heterocycles. The van der Waals surface area contributed by atoms with E-state index in [9.17, 15) is 0 Å². The molecule has 0 bridgehead atoms. The number of pyridine rings is 1. The molecule has 1 aromatic heterocycles. The normalized spacial score (nSPS) is 26.3. The number of aromatic nitrogens is 1. The third kappa shape index (κ3) is 1.68. The van der Waals surface area contributed by atoms with Crippen LogP contribution in [0.5, 0.6) is 0 Å². The molecule has 1 N–H and O–H groups in total. The monoisotopic (exact) mass is 262 g/mol. The number of hydrogen-bond donors (Lipinski definition) is 1. The maximum atomic E-state index is 4.74. The van der Waals surface area contributed by atoms with Gasteiger partial charge in [0.15, 0.2) is 0 Å². The number of rotatable bonds is 1. The molecule has 4 rings (SSSR count). The SMILES string of the molecule is c1nc2c(cc1N1CCC1)SC[C@@H]1CNCCN21. The van der Waals surface area contributed by atoms with Crippen molar-refractivity contribution in [2.75, 3.05) is 48.3 Å². The van der Waals surface area contributed by atoms with E-state index in [-0.39, 0.29) is 0 Å². The van der Waals surface area contributed by atoms with E-state index in [4.69, 9.17) is 4.98 Å². The van der Waals surface area contributed by atoms with Crippen molar-refractivity contribution in [3.63, 3.8) is 0 Å². The van der Waals surface area contributed by atoms with Crippen LogP contribution in [-0.2, 0) is 0 Å². The molecule has 0 aliphatic carbocycles. The van der Waals surface area contributed by atoms with Crippen LogP contribution in [0.2, 0.25) is 0 Å². The largest absolute Gasteiger partial charge is 0.370 e. The average Bonchev–Trinajstić information content (AvgIpc) is 2.36. The van der Waals surface area contributed by atoms with Gasteiger partial charge in [0.1, 0.15) is 5.82 Å². The molecule has 0 amide bonds. The van der Waals surface area contributed by atoms with E-state index in [1.54, 1.807) is 0 Å². The Kier molecular flexibility index (Phi) is 2.62. The molecule has 1 atom stereocenters. The van der Waals surface area contributed by atoms with Crippen molar-refractivity contribution in [1.29, 1.82) is 0 Å². The van der Waals surface area contributed by atoms with Crippen molar-refractivity contribution in [3.05, 3.63) is 12.3 Å². The highest BCUT2D eigenvalue weighted by atomic mass is 32.2. The molecule has 2 saturated heterocycles. The second-order valence-corrected chi connectivity index (χ2v) is 6.28. The molecule has 1 aromatic rings. The number of anilines is 2. The van der Waals surface area contributed by atoms with Gasteiger partial charge >= 0.3 is 0 Å². The van der Waals surface area contributed by atoms with Crippen LogP contribution >= 0.6 is 11.8 Å². The van der Waals surface area contributed by atoms with Gasteiger partial charge in [-0.1, -0.05) is 0 Å². The van der Waals surface area contributed by atoms with Gasteiger partial charge in [-0.05, 0) is 12.5 Å². The Morgan fingerprint density at radius 3 is 3.11 bits per heavy atom. The Morgan fingerprint density at radius 1 is 1.33 bits per heavy atom. The van der Waals surface area contributed by atoms with Gasteiger partial charge in [0.2, 0.25) is 0 Å². The molecule has 96 valence electrons. The van der Waals surface area contributed by atoms with Crippen molar-refractivity contribution < 1.29 is 0 Å². The first kappa shape index (κ1) is 10.9. The predicted molar refractivity (Wildman–Crippen MR) is 75.8 cm³/mol. The zero-order chi connectivity index (χ0) is 11.9. The molecule has 0 radical (unpaired) electrons. The van der Waals surface area contributed by atoms with Crippen LogP contribution in [0.1, 0.15) is 6.42 Å². The van der Waals surface area contributed by atoms with E-state index in [1.807, 2.05) is 11.8 Å². The molecule has 0 aromatic carbocycles. The van der Waals surface area contributed by atoms with E-state index in [1.165, 1.54) is 41.7 Å². The Balaban J connectivity index is 1.66. The van der Waals surface area contributed by atoms with E-state index in [2.05, 4.69) is 27.4 Å². The zero-order valence-electron chi connectivity index (χ0n) is 10.4. The minimum Gasteiger partial charge on any atom is -0.370 e. The van der Waals surface area contributed by atoms with Crippen molar-refractivity contribution >= 4 is 23.3 Å². The second kappa shape index (κ2) is 4.31. The van der Waals surface area contributed by atoms with Gasteiger partial charge in [-0.2, -0.15) is 0 Å². The summed E-state index contributed by atoms with van der Waals surface area (Å²) < 4.78 is 0. The van der Waals surface area contributed by atoms with Crippen LogP contribution in [0.25, 0.3) is 0 Å². The lowest BCUT2D eigenvalue weighted by Crippen LogP contribution is -2.54. The van der Waals surface area contributed by atoms with Crippen molar-refractivity contribution in [2.45, 2.75) is 17.4 Å². The summed E-state index contributed by atoms with van der Waals surface area (Å²) in [5, 5.41) is 3.47. The third-order valence-corrected chi connectivity index (χ3v) is 5.26. The summed E-state index contributed by atoms with van der Waals surface area (Å²) in [6.07, 6.45) is 3.38. The van der Waals surface area contributed by atoms with Crippen LogP contribution in [0, 0.1) is 0 Å². The van der Waals surface area contributed by atoms with E-state index in [0.717, 1.165) is 19.6 Å². The van der Waals surface area contributed by atoms with Gasteiger partial charge in [0.25, 0.3) is 0 Å². The van der Waals surface area contributed by atoms with Crippen molar-refractivity contribution in [1.82, 2.24) is 10.3 Å². The highest BCUT2D eigenvalue weighted by Crippen LogP contribution is 2.38. The Labute approximate surface area is 112 Å². The van der Waals surface area contributed by atoms with Crippen molar-refractivity contribution in [3.8, 4) is 0 Å². The summed E-state index contributed by atoms with van der Waals surface area (Å²) in [6, 6.07) is 2.96. The second-order valence-electron chi connectivity index (χ2n) is 5.22. The van der Waals surface area contributed by atoms with E-state index >= 15 is 0 Å². The molecule has 3 aliphatic rings. The first-order valence-corrected chi connectivity index (χ1v) is 7.75.